The lowest BCUT2D eigenvalue weighted by Gasteiger charge is -2.07. The number of carbonyl (C=O) groups excluding carboxylic acids is 1. The first-order valence-corrected chi connectivity index (χ1v) is 5.86. The Morgan fingerprint density at radius 2 is 2.31 bits per heavy atom. The van der Waals surface area contributed by atoms with E-state index in [2.05, 4.69) is 24.1 Å². The van der Waals surface area contributed by atoms with Crippen molar-refractivity contribution in [1.29, 1.82) is 0 Å². The Morgan fingerprint density at radius 3 is 2.94 bits per heavy atom. The number of carbonyl (C=O) groups is 1. The molecule has 0 aromatic carbocycles. The number of hydrogen-bond donors (Lipinski definition) is 1. The molecule has 0 fully saturated rings. The van der Waals surface area contributed by atoms with Crippen LogP contribution in [0.5, 0.6) is 0 Å². The Morgan fingerprint density at radius 1 is 1.56 bits per heavy atom. The Bertz CT molecular complexity index is 353. The van der Waals surface area contributed by atoms with E-state index in [-0.39, 0.29) is 5.91 Å². The van der Waals surface area contributed by atoms with Crippen molar-refractivity contribution < 1.29 is 4.79 Å². The van der Waals surface area contributed by atoms with E-state index in [1.807, 2.05) is 0 Å². The van der Waals surface area contributed by atoms with E-state index in [1.54, 1.807) is 12.3 Å². The molecule has 1 rings (SSSR count). The van der Waals surface area contributed by atoms with Gasteiger partial charge in [0.15, 0.2) is 0 Å². The predicted octanol–water partition coefficient (Wildman–Crippen LogP) is 2.90. The van der Waals surface area contributed by atoms with Crippen LogP contribution in [0.15, 0.2) is 18.5 Å². The highest BCUT2D eigenvalue weighted by Gasteiger charge is 2.08. The topological polar surface area (TPSA) is 42.0 Å². The van der Waals surface area contributed by atoms with E-state index in [0.717, 1.165) is 12.8 Å². The van der Waals surface area contributed by atoms with Crippen LogP contribution in [0.4, 0.5) is 0 Å². The van der Waals surface area contributed by atoms with Crippen molar-refractivity contribution in [3.05, 3.63) is 29.0 Å². The minimum Gasteiger partial charge on any atom is -0.352 e. The Kier molecular flexibility index (Phi) is 5.26. The Labute approximate surface area is 101 Å². The van der Waals surface area contributed by atoms with E-state index in [0.29, 0.717) is 23.0 Å². The molecule has 0 saturated heterocycles. The van der Waals surface area contributed by atoms with Crippen molar-refractivity contribution in [2.75, 3.05) is 6.54 Å². The largest absolute Gasteiger partial charge is 0.352 e. The van der Waals surface area contributed by atoms with Crippen LogP contribution in [-0.2, 0) is 0 Å². The zero-order chi connectivity index (χ0) is 12.0. The molecular weight excluding hydrogens is 224 g/mol. The van der Waals surface area contributed by atoms with Gasteiger partial charge in [-0.2, -0.15) is 0 Å². The summed E-state index contributed by atoms with van der Waals surface area (Å²) in [5.74, 6) is 0.539. The van der Waals surface area contributed by atoms with Gasteiger partial charge in [0.25, 0.3) is 5.91 Å². The number of halogens is 1. The Hall–Kier alpha value is -1.09. The summed E-state index contributed by atoms with van der Waals surface area (Å²) in [5, 5.41) is 3.24. The monoisotopic (exact) mass is 240 g/mol. The zero-order valence-corrected chi connectivity index (χ0v) is 10.4. The fraction of sp³-hybridized carbons (Fsp3) is 0.500. The highest BCUT2D eigenvalue weighted by molar-refractivity contribution is 6.33. The third kappa shape index (κ3) is 4.19. The molecule has 1 amide bonds. The first kappa shape index (κ1) is 13.0. The molecule has 0 spiro atoms. The summed E-state index contributed by atoms with van der Waals surface area (Å²) < 4.78 is 0. The SMILES string of the molecule is CC(C)CCCNC(=O)c1ccncc1Cl. The standard InChI is InChI=1S/C12H17ClN2O/c1-9(2)4-3-6-15-12(16)10-5-7-14-8-11(10)13/h5,7-9H,3-4,6H2,1-2H3,(H,15,16). The molecule has 0 aliphatic rings. The van der Waals surface area contributed by atoms with Crippen LogP contribution in [0.1, 0.15) is 37.0 Å². The maximum atomic E-state index is 11.7. The molecule has 0 bridgehead atoms. The van der Waals surface area contributed by atoms with Gasteiger partial charge in [0.2, 0.25) is 0 Å². The molecule has 0 atom stereocenters. The van der Waals surface area contributed by atoms with Crippen molar-refractivity contribution in [2.45, 2.75) is 26.7 Å². The van der Waals surface area contributed by atoms with Gasteiger partial charge in [-0.25, -0.2) is 0 Å². The smallest absolute Gasteiger partial charge is 0.252 e. The second-order valence-corrected chi connectivity index (χ2v) is 4.55. The number of nitrogens with zero attached hydrogens (tertiary/aromatic N) is 1. The lowest BCUT2D eigenvalue weighted by atomic mass is 10.1. The average Bonchev–Trinajstić information content (AvgIpc) is 2.24. The lowest BCUT2D eigenvalue weighted by molar-refractivity contribution is 0.0952. The van der Waals surface area contributed by atoms with Crippen molar-refractivity contribution in [3.8, 4) is 0 Å². The lowest BCUT2D eigenvalue weighted by Crippen LogP contribution is -2.25. The summed E-state index contributed by atoms with van der Waals surface area (Å²) in [7, 11) is 0. The summed E-state index contributed by atoms with van der Waals surface area (Å²) in [4.78, 5) is 15.5. The number of aromatic nitrogens is 1. The van der Waals surface area contributed by atoms with Crippen molar-refractivity contribution in [3.63, 3.8) is 0 Å². The molecule has 0 aliphatic carbocycles. The molecule has 0 radical (unpaired) electrons. The van der Waals surface area contributed by atoms with Crippen molar-refractivity contribution in [1.82, 2.24) is 10.3 Å². The minimum atomic E-state index is -0.129. The molecular formula is C12H17ClN2O. The molecule has 1 aromatic rings. The molecule has 3 nitrogen and oxygen atoms in total. The quantitative estimate of drug-likeness (QED) is 0.805. The molecule has 1 heterocycles. The summed E-state index contributed by atoms with van der Waals surface area (Å²) in [5.41, 5.74) is 0.487. The number of hydrogen-bond acceptors (Lipinski definition) is 2. The van der Waals surface area contributed by atoms with Gasteiger partial charge in [0, 0.05) is 18.9 Å². The normalized spacial score (nSPS) is 10.5. The molecule has 1 aromatic heterocycles. The molecule has 1 N–H and O–H groups in total. The molecule has 0 saturated carbocycles. The fourth-order valence-corrected chi connectivity index (χ4v) is 1.57. The third-order valence-corrected chi connectivity index (χ3v) is 2.56. The van der Waals surface area contributed by atoms with Gasteiger partial charge in [-0.15, -0.1) is 0 Å². The van der Waals surface area contributed by atoms with Gasteiger partial charge in [-0.1, -0.05) is 25.4 Å². The third-order valence-electron chi connectivity index (χ3n) is 2.26. The van der Waals surface area contributed by atoms with Gasteiger partial charge in [0.1, 0.15) is 0 Å². The number of amides is 1. The average molecular weight is 241 g/mol. The molecule has 4 heteroatoms. The maximum Gasteiger partial charge on any atom is 0.252 e. The van der Waals surface area contributed by atoms with Crippen LogP contribution >= 0.6 is 11.6 Å². The van der Waals surface area contributed by atoms with Crippen LogP contribution in [0.25, 0.3) is 0 Å². The number of nitrogens with one attached hydrogen (secondary N) is 1. The van der Waals surface area contributed by atoms with Crippen LogP contribution in [0.2, 0.25) is 5.02 Å². The van der Waals surface area contributed by atoms with Crippen molar-refractivity contribution in [2.24, 2.45) is 5.92 Å². The first-order valence-electron chi connectivity index (χ1n) is 5.49. The zero-order valence-electron chi connectivity index (χ0n) is 9.66. The van der Waals surface area contributed by atoms with E-state index < -0.39 is 0 Å². The van der Waals surface area contributed by atoms with Crippen LogP contribution < -0.4 is 5.32 Å². The minimum absolute atomic E-state index is 0.129. The van der Waals surface area contributed by atoms with Gasteiger partial charge in [-0.05, 0) is 24.8 Å². The summed E-state index contributed by atoms with van der Waals surface area (Å²) in [6.07, 6.45) is 5.15. The van der Waals surface area contributed by atoms with Gasteiger partial charge < -0.3 is 5.32 Å². The second kappa shape index (κ2) is 6.48. The molecule has 88 valence electrons. The number of rotatable bonds is 5. The first-order chi connectivity index (χ1) is 7.61. The molecule has 16 heavy (non-hydrogen) atoms. The summed E-state index contributed by atoms with van der Waals surface area (Å²) in [6, 6.07) is 1.63. The van der Waals surface area contributed by atoms with E-state index >= 15 is 0 Å². The Balaban J connectivity index is 2.39. The summed E-state index contributed by atoms with van der Waals surface area (Å²) >= 11 is 5.86. The highest BCUT2D eigenvalue weighted by atomic mass is 35.5. The fourth-order valence-electron chi connectivity index (χ4n) is 1.37. The van der Waals surface area contributed by atoms with E-state index in [4.69, 9.17) is 11.6 Å². The van der Waals surface area contributed by atoms with Crippen molar-refractivity contribution >= 4 is 17.5 Å². The van der Waals surface area contributed by atoms with E-state index in [1.165, 1.54) is 6.20 Å². The van der Waals surface area contributed by atoms with Gasteiger partial charge in [0.05, 0.1) is 10.6 Å². The van der Waals surface area contributed by atoms with Crippen LogP contribution in [0, 0.1) is 5.92 Å². The molecule has 0 unspecified atom stereocenters. The summed E-state index contributed by atoms with van der Waals surface area (Å²) in [6.45, 7) is 5.03. The second-order valence-electron chi connectivity index (χ2n) is 4.15. The van der Waals surface area contributed by atoms with Gasteiger partial charge >= 0.3 is 0 Å². The molecule has 0 aliphatic heterocycles. The predicted molar refractivity (Wildman–Crippen MR) is 65.7 cm³/mol. The number of pyridine rings is 1. The van der Waals surface area contributed by atoms with E-state index in [9.17, 15) is 4.79 Å². The van der Waals surface area contributed by atoms with Crippen LogP contribution in [0.3, 0.4) is 0 Å². The van der Waals surface area contributed by atoms with Crippen LogP contribution in [-0.4, -0.2) is 17.4 Å². The maximum absolute atomic E-state index is 11.7. The highest BCUT2D eigenvalue weighted by Crippen LogP contribution is 2.12. The van der Waals surface area contributed by atoms with Gasteiger partial charge in [-0.3, -0.25) is 9.78 Å².